The van der Waals surface area contributed by atoms with Crippen LogP contribution >= 0.6 is 0 Å². The van der Waals surface area contributed by atoms with Gasteiger partial charge in [-0.1, -0.05) is 32.3 Å². The minimum atomic E-state index is -0.472. The van der Waals surface area contributed by atoms with E-state index in [1.807, 2.05) is 23.1 Å². The monoisotopic (exact) mass is 359 g/mol. The predicted molar refractivity (Wildman–Crippen MR) is 98.3 cm³/mol. The third kappa shape index (κ3) is 4.23. The lowest BCUT2D eigenvalue weighted by Gasteiger charge is -2.35. The van der Waals surface area contributed by atoms with Crippen LogP contribution in [0.25, 0.3) is 0 Å². The van der Waals surface area contributed by atoms with Crippen molar-refractivity contribution in [3.63, 3.8) is 0 Å². The molecule has 0 spiro atoms. The van der Waals surface area contributed by atoms with Crippen LogP contribution in [0.15, 0.2) is 24.4 Å². The first-order chi connectivity index (χ1) is 12.5. The van der Waals surface area contributed by atoms with Crippen molar-refractivity contribution in [2.45, 2.75) is 44.9 Å². The smallest absolute Gasteiger partial charge is 0.243 e. The number of carbonyl (C=O) groups is 2. The molecule has 1 aliphatic carbocycles. The highest BCUT2D eigenvalue weighted by Crippen LogP contribution is 2.40. The number of ether oxygens (including phenoxy) is 1. The van der Waals surface area contributed by atoms with Gasteiger partial charge in [0.25, 0.3) is 0 Å². The van der Waals surface area contributed by atoms with Gasteiger partial charge < -0.3 is 15.4 Å². The maximum absolute atomic E-state index is 13.2. The van der Waals surface area contributed by atoms with E-state index < -0.39 is 5.91 Å². The van der Waals surface area contributed by atoms with Crippen LogP contribution in [0.5, 0.6) is 0 Å². The first-order valence-electron chi connectivity index (χ1n) is 9.56. The molecule has 2 heterocycles. The SMILES string of the molecule is CC1(C(=O)N2C[C@@H](COCC(N)=O)[C@H](c3ccccn3)C2)CCCCC1. The average molecular weight is 359 g/mol. The minimum Gasteiger partial charge on any atom is -0.371 e. The Morgan fingerprint density at radius 1 is 1.27 bits per heavy atom. The fraction of sp³-hybridized carbons (Fsp3) is 0.650. The molecule has 1 aliphatic heterocycles. The summed E-state index contributed by atoms with van der Waals surface area (Å²) in [5.74, 6) is 0.0381. The number of nitrogens with zero attached hydrogens (tertiary/aromatic N) is 2. The van der Waals surface area contributed by atoms with Crippen LogP contribution in [0.3, 0.4) is 0 Å². The summed E-state index contributed by atoms with van der Waals surface area (Å²) >= 11 is 0. The Kier molecular flexibility index (Phi) is 5.91. The van der Waals surface area contributed by atoms with E-state index in [4.69, 9.17) is 10.5 Å². The van der Waals surface area contributed by atoms with Gasteiger partial charge in [0.05, 0.1) is 6.61 Å². The molecule has 1 saturated carbocycles. The zero-order chi connectivity index (χ0) is 18.6. The summed E-state index contributed by atoms with van der Waals surface area (Å²) in [5, 5.41) is 0. The van der Waals surface area contributed by atoms with Crippen molar-refractivity contribution >= 4 is 11.8 Å². The number of carbonyl (C=O) groups excluding carboxylic acids is 2. The molecule has 2 fully saturated rings. The van der Waals surface area contributed by atoms with Crippen molar-refractivity contribution in [2.75, 3.05) is 26.3 Å². The molecule has 2 atom stereocenters. The third-order valence-electron chi connectivity index (χ3n) is 5.85. The van der Waals surface area contributed by atoms with Crippen LogP contribution in [-0.4, -0.2) is 48.0 Å². The number of primary amides is 1. The number of hydrogen-bond donors (Lipinski definition) is 1. The Morgan fingerprint density at radius 3 is 2.69 bits per heavy atom. The highest BCUT2D eigenvalue weighted by molar-refractivity contribution is 5.83. The molecule has 0 bridgehead atoms. The first-order valence-corrected chi connectivity index (χ1v) is 9.56. The Morgan fingerprint density at radius 2 is 2.04 bits per heavy atom. The lowest BCUT2D eigenvalue weighted by Crippen LogP contribution is -2.42. The van der Waals surface area contributed by atoms with Gasteiger partial charge in [-0.2, -0.15) is 0 Å². The second kappa shape index (κ2) is 8.16. The fourth-order valence-corrected chi connectivity index (χ4v) is 4.37. The molecule has 6 heteroatoms. The number of amides is 2. The summed E-state index contributed by atoms with van der Waals surface area (Å²) in [4.78, 5) is 30.7. The second-order valence-electron chi connectivity index (χ2n) is 7.93. The molecule has 26 heavy (non-hydrogen) atoms. The predicted octanol–water partition coefficient (Wildman–Crippen LogP) is 2.10. The molecule has 3 rings (SSSR count). The largest absolute Gasteiger partial charge is 0.371 e. The Bertz CT molecular complexity index is 628. The van der Waals surface area contributed by atoms with Gasteiger partial charge in [-0.05, 0) is 25.0 Å². The van der Waals surface area contributed by atoms with Crippen LogP contribution in [-0.2, 0) is 14.3 Å². The number of aromatic nitrogens is 1. The molecule has 2 N–H and O–H groups in total. The lowest BCUT2D eigenvalue weighted by atomic mass is 9.74. The lowest BCUT2D eigenvalue weighted by molar-refractivity contribution is -0.142. The molecule has 1 saturated heterocycles. The zero-order valence-electron chi connectivity index (χ0n) is 15.5. The molecule has 1 aromatic heterocycles. The minimum absolute atomic E-state index is 0.0862. The van der Waals surface area contributed by atoms with Gasteiger partial charge in [-0.25, -0.2) is 0 Å². The number of hydrogen-bond acceptors (Lipinski definition) is 4. The topological polar surface area (TPSA) is 85.5 Å². The molecule has 6 nitrogen and oxygen atoms in total. The van der Waals surface area contributed by atoms with E-state index in [9.17, 15) is 9.59 Å². The van der Waals surface area contributed by atoms with Gasteiger partial charge in [0.15, 0.2) is 0 Å². The highest BCUT2D eigenvalue weighted by atomic mass is 16.5. The van der Waals surface area contributed by atoms with Gasteiger partial charge in [0.1, 0.15) is 6.61 Å². The Labute approximate surface area is 155 Å². The van der Waals surface area contributed by atoms with Crippen LogP contribution in [0.4, 0.5) is 0 Å². The summed E-state index contributed by atoms with van der Waals surface area (Å²) in [5.41, 5.74) is 5.91. The van der Waals surface area contributed by atoms with Gasteiger partial charge in [0.2, 0.25) is 11.8 Å². The molecule has 1 aromatic rings. The zero-order valence-corrected chi connectivity index (χ0v) is 15.5. The van der Waals surface area contributed by atoms with Crippen LogP contribution in [0, 0.1) is 11.3 Å². The molecule has 0 radical (unpaired) electrons. The summed E-state index contributed by atoms with van der Waals surface area (Å²) < 4.78 is 5.49. The molecule has 0 aromatic carbocycles. The summed E-state index contributed by atoms with van der Waals surface area (Å²) in [6.45, 7) is 3.74. The van der Waals surface area contributed by atoms with Gasteiger partial charge in [0, 0.05) is 42.2 Å². The second-order valence-corrected chi connectivity index (χ2v) is 7.93. The highest BCUT2D eigenvalue weighted by Gasteiger charge is 2.43. The number of nitrogens with two attached hydrogens (primary N) is 1. The number of likely N-dealkylation sites (tertiary alicyclic amines) is 1. The molecule has 142 valence electrons. The van der Waals surface area contributed by atoms with E-state index in [0.717, 1.165) is 31.4 Å². The first kappa shape index (κ1) is 18.8. The number of pyridine rings is 1. The molecule has 2 amide bonds. The van der Waals surface area contributed by atoms with Crippen molar-refractivity contribution in [1.29, 1.82) is 0 Å². The molecular formula is C20H29N3O3. The van der Waals surface area contributed by atoms with Crippen molar-refractivity contribution in [3.8, 4) is 0 Å². The quantitative estimate of drug-likeness (QED) is 0.843. The summed E-state index contributed by atoms with van der Waals surface area (Å²) in [7, 11) is 0. The van der Waals surface area contributed by atoms with Crippen LogP contribution in [0.1, 0.15) is 50.6 Å². The maximum atomic E-state index is 13.2. The van der Waals surface area contributed by atoms with Crippen molar-refractivity contribution in [2.24, 2.45) is 17.1 Å². The van der Waals surface area contributed by atoms with E-state index >= 15 is 0 Å². The van der Waals surface area contributed by atoms with Gasteiger partial charge in [-0.3, -0.25) is 14.6 Å². The third-order valence-corrected chi connectivity index (χ3v) is 5.85. The molecule has 2 aliphatic rings. The molecular weight excluding hydrogens is 330 g/mol. The fourth-order valence-electron chi connectivity index (χ4n) is 4.37. The Balaban J connectivity index is 1.72. The van der Waals surface area contributed by atoms with E-state index in [0.29, 0.717) is 19.7 Å². The van der Waals surface area contributed by atoms with Gasteiger partial charge >= 0.3 is 0 Å². The normalized spacial score (nSPS) is 25.2. The van der Waals surface area contributed by atoms with Crippen LogP contribution < -0.4 is 5.73 Å². The van der Waals surface area contributed by atoms with E-state index in [1.165, 1.54) is 6.42 Å². The standard InChI is InChI=1S/C20H29N3O3/c1-20(8-4-2-5-9-20)19(25)23-11-15(13-26-14-18(21)24)16(12-23)17-7-3-6-10-22-17/h3,6-7,10,15-16H,2,4-5,8-9,11-14H2,1H3,(H2,21,24)/t15-,16+/m0/s1. The number of rotatable bonds is 6. The van der Waals surface area contributed by atoms with Crippen molar-refractivity contribution < 1.29 is 14.3 Å². The summed E-state index contributed by atoms with van der Waals surface area (Å²) in [6, 6.07) is 5.86. The van der Waals surface area contributed by atoms with Gasteiger partial charge in [-0.15, -0.1) is 0 Å². The molecule has 0 unspecified atom stereocenters. The van der Waals surface area contributed by atoms with Crippen molar-refractivity contribution in [1.82, 2.24) is 9.88 Å². The van der Waals surface area contributed by atoms with E-state index in [2.05, 4.69) is 11.9 Å². The summed E-state index contributed by atoms with van der Waals surface area (Å²) in [6.07, 6.45) is 7.21. The van der Waals surface area contributed by atoms with Crippen LogP contribution in [0.2, 0.25) is 0 Å². The Hall–Kier alpha value is -1.95. The van der Waals surface area contributed by atoms with E-state index in [1.54, 1.807) is 6.20 Å². The van der Waals surface area contributed by atoms with E-state index in [-0.39, 0.29) is 29.8 Å². The van der Waals surface area contributed by atoms with Crippen molar-refractivity contribution in [3.05, 3.63) is 30.1 Å². The average Bonchev–Trinajstić information content (AvgIpc) is 3.06. The maximum Gasteiger partial charge on any atom is 0.243 e.